The van der Waals surface area contributed by atoms with Crippen molar-refractivity contribution in [1.29, 1.82) is 0 Å². The summed E-state index contributed by atoms with van der Waals surface area (Å²) < 4.78 is 5.74. The molecule has 2 heteroatoms. The van der Waals surface area contributed by atoms with E-state index in [1.54, 1.807) is 0 Å². The number of benzene rings is 1. The molecule has 0 aromatic heterocycles. The molecule has 1 atom stereocenters. The molecule has 0 spiro atoms. The van der Waals surface area contributed by atoms with Gasteiger partial charge in [-0.2, -0.15) is 0 Å². The lowest BCUT2D eigenvalue weighted by Gasteiger charge is -2.42. The van der Waals surface area contributed by atoms with E-state index in [4.69, 9.17) is 4.74 Å². The van der Waals surface area contributed by atoms with E-state index < -0.39 is 6.29 Å². The Morgan fingerprint density at radius 1 is 1.05 bits per heavy atom. The van der Waals surface area contributed by atoms with Gasteiger partial charge in [-0.05, 0) is 53.4 Å². The Labute approximate surface area is 135 Å². The highest BCUT2D eigenvalue weighted by atomic mass is 16.6. The summed E-state index contributed by atoms with van der Waals surface area (Å²) in [6.45, 7) is 11.4. The van der Waals surface area contributed by atoms with Crippen LogP contribution in [0.25, 0.3) is 0 Å². The molecule has 1 aromatic rings. The lowest BCUT2D eigenvalue weighted by molar-refractivity contribution is -0.0246. The number of hydrogen-bond donors (Lipinski definition) is 1. The fourth-order valence-electron chi connectivity index (χ4n) is 3.43. The van der Waals surface area contributed by atoms with Crippen LogP contribution in [0.3, 0.4) is 0 Å². The molecule has 0 fully saturated rings. The van der Waals surface area contributed by atoms with Crippen molar-refractivity contribution in [1.82, 2.24) is 0 Å². The quantitative estimate of drug-likeness (QED) is 0.570. The third-order valence-electron chi connectivity index (χ3n) is 5.15. The van der Waals surface area contributed by atoms with Crippen LogP contribution in [0.4, 0.5) is 0 Å². The molecule has 1 aliphatic rings. The molecule has 2 rings (SSSR count). The van der Waals surface area contributed by atoms with Crippen LogP contribution in [0.1, 0.15) is 84.3 Å². The molecule has 1 unspecified atom stereocenters. The number of aliphatic hydroxyl groups is 1. The van der Waals surface area contributed by atoms with Crippen molar-refractivity contribution in [2.75, 3.05) is 0 Å². The highest BCUT2D eigenvalue weighted by Crippen LogP contribution is 2.46. The number of rotatable bonds is 6. The molecule has 0 radical (unpaired) electrons. The maximum atomic E-state index is 10.0. The second kappa shape index (κ2) is 6.62. The van der Waals surface area contributed by atoms with Gasteiger partial charge in [0.1, 0.15) is 5.75 Å². The smallest absolute Gasteiger partial charge is 0.197 e. The summed E-state index contributed by atoms with van der Waals surface area (Å²) in [5, 5.41) is 10.0. The zero-order chi connectivity index (χ0) is 16.4. The van der Waals surface area contributed by atoms with Crippen molar-refractivity contribution < 1.29 is 9.84 Å². The lowest BCUT2D eigenvalue weighted by Crippen LogP contribution is -2.33. The summed E-state index contributed by atoms with van der Waals surface area (Å²) in [5.41, 5.74) is 3.21. The standard InChI is InChI=1S/C20H32O2/c1-6-7-8-9-18(21)22-15-10-11-16-17(14-15)20(4,5)13-12-19(16,2)3/h10-11,14,18,21H,6-9,12-13H2,1-5H3. The van der Waals surface area contributed by atoms with Crippen LogP contribution < -0.4 is 4.74 Å². The molecular weight excluding hydrogens is 272 g/mol. The van der Waals surface area contributed by atoms with Gasteiger partial charge < -0.3 is 9.84 Å². The lowest BCUT2D eigenvalue weighted by atomic mass is 9.63. The van der Waals surface area contributed by atoms with Crippen molar-refractivity contribution in [3.8, 4) is 5.75 Å². The summed E-state index contributed by atoms with van der Waals surface area (Å²) in [6, 6.07) is 6.37. The molecule has 0 saturated carbocycles. The van der Waals surface area contributed by atoms with Crippen LogP contribution in [-0.4, -0.2) is 11.4 Å². The van der Waals surface area contributed by atoms with Crippen LogP contribution in [0, 0.1) is 0 Å². The molecule has 0 bridgehead atoms. The van der Waals surface area contributed by atoms with Crippen LogP contribution >= 0.6 is 0 Å². The molecule has 0 aliphatic heterocycles. The third kappa shape index (κ3) is 3.84. The average Bonchev–Trinajstić information content (AvgIpc) is 2.44. The zero-order valence-electron chi connectivity index (χ0n) is 14.9. The van der Waals surface area contributed by atoms with E-state index in [9.17, 15) is 5.11 Å². The van der Waals surface area contributed by atoms with Gasteiger partial charge in [0.15, 0.2) is 6.29 Å². The maximum Gasteiger partial charge on any atom is 0.197 e. The number of fused-ring (bicyclic) bond motifs is 1. The molecule has 22 heavy (non-hydrogen) atoms. The molecule has 1 aliphatic carbocycles. The van der Waals surface area contributed by atoms with E-state index in [0.29, 0.717) is 6.42 Å². The number of ether oxygens (including phenoxy) is 1. The molecule has 1 aromatic carbocycles. The van der Waals surface area contributed by atoms with Crippen molar-refractivity contribution in [3.63, 3.8) is 0 Å². The van der Waals surface area contributed by atoms with Gasteiger partial charge in [-0.3, -0.25) is 0 Å². The van der Waals surface area contributed by atoms with Crippen LogP contribution in [-0.2, 0) is 10.8 Å². The molecule has 124 valence electrons. The van der Waals surface area contributed by atoms with Crippen molar-refractivity contribution in [2.24, 2.45) is 0 Å². The second-order valence-electron chi connectivity index (χ2n) is 8.04. The van der Waals surface area contributed by atoms with Gasteiger partial charge in [0.25, 0.3) is 0 Å². The largest absolute Gasteiger partial charge is 0.465 e. The van der Waals surface area contributed by atoms with Crippen molar-refractivity contribution in [2.45, 2.75) is 90.3 Å². The Hall–Kier alpha value is -1.02. The summed E-state index contributed by atoms with van der Waals surface area (Å²) in [6.07, 6.45) is 5.74. The van der Waals surface area contributed by atoms with Gasteiger partial charge in [-0.15, -0.1) is 0 Å². The first-order chi connectivity index (χ1) is 10.3. The minimum Gasteiger partial charge on any atom is -0.465 e. The SMILES string of the molecule is CCCCCC(O)Oc1ccc2c(c1)C(C)(C)CCC2(C)C. The predicted octanol–water partition coefficient (Wildman–Crippen LogP) is 5.31. The summed E-state index contributed by atoms with van der Waals surface area (Å²) >= 11 is 0. The highest BCUT2D eigenvalue weighted by molar-refractivity contribution is 5.45. The number of hydrogen-bond acceptors (Lipinski definition) is 2. The monoisotopic (exact) mass is 304 g/mol. The molecule has 0 saturated heterocycles. The number of aliphatic hydroxyl groups excluding tert-OH is 1. The van der Waals surface area contributed by atoms with Crippen LogP contribution in [0.15, 0.2) is 18.2 Å². The summed E-state index contributed by atoms with van der Waals surface area (Å²) in [7, 11) is 0. The van der Waals surface area contributed by atoms with Crippen LogP contribution in [0.2, 0.25) is 0 Å². The normalized spacial score (nSPS) is 20.3. The second-order valence-corrected chi connectivity index (χ2v) is 8.04. The topological polar surface area (TPSA) is 29.5 Å². The Kier molecular flexibility index (Phi) is 5.21. The Morgan fingerprint density at radius 2 is 1.68 bits per heavy atom. The average molecular weight is 304 g/mol. The number of unbranched alkanes of at least 4 members (excludes halogenated alkanes) is 2. The van der Waals surface area contributed by atoms with E-state index in [1.165, 1.54) is 24.0 Å². The highest BCUT2D eigenvalue weighted by Gasteiger charge is 2.37. The van der Waals surface area contributed by atoms with Gasteiger partial charge in [0.2, 0.25) is 0 Å². The first-order valence-corrected chi connectivity index (χ1v) is 8.76. The predicted molar refractivity (Wildman–Crippen MR) is 92.5 cm³/mol. The van der Waals surface area contributed by atoms with Crippen molar-refractivity contribution >= 4 is 0 Å². The van der Waals surface area contributed by atoms with E-state index in [-0.39, 0.29) is 10.8 Å². The van der Waals surface area contributed by atoms with E-state index in [2.05, 4.69) is 46.8 Å². The Bertz CT molecular complexity index is 502. The van der Waals surface area contributed by atoms with Gasteiger partial charge in [-0.1, -0.05) is 53.5 Å². The Balaban J connectivity index is 2.16. The molecule has 2 nitrogen and oxygen atoms in total. The maximum absolute atomic E-state index is 10.0. The first-order valence-electron chi connectivity index (χ1n) is 8.76. The summed E-state index contributed by atoms with van der Waals surface area (Å²) in [4.78, 5) is 0. The van der Waals surface area contributed by atoms with Gasteiger partial charge in [0.05, 0.1) is 0 Å². The molecule has 1 N–H and O–H groups in total. The third-order valence-corrected chi connectivity index (χ3v) is 5.15. The Morgan fingerprint density at radius 3 is 2.32 bits per heavy atom. The van der Waals surface area contributed by atoms with E-state index in [0.717, 1.165) is 25.0 Å². The van der Waals surface area contributed by atoms with E-state index in [1.807, 2.05) is 6.07 Å². The van der Waals surface area contributed by atoms with Gasteiger partial charge >= 0.3 is 0 Å². The molecule has 0 heterocycles. The summed E-state index contributed by atoms with van der Waals surface area (Å²) in [5.74, 6) is 0.800. The minimum absolute atomic E-state index is 0.178. The fraction of sp³-hybridized carbons (Fsp3) is 0.700. The first kappa shape index (κ1) is 17.3. The molecular formula is C20H32O2. The molecule has 0 amide bonds. The van der Waals surface area contributed by atoms with Gasteiger partial charge in [0, 0.05) is 6.42 Å². The van der Waals surface area contributed by atoms with Crippen molar-refractivity contribution in [3.05, 3.63) is 29.3 Å². The van der Waals surface area contributed by atoms with E-state index >= 15 is 0 Å². The fourth-order valence-corrected chi connectivity index (χ4v) is 3.43. The zero-order valence-corrected chi connectivity index (χ0v) is 14.9. The van der Waals surface area contributed by atoms with Gasteiger partial charge in [-0.25, -0.2) is 0 Å². The van der Waals surface area contributed by atoms with Crippen LogP contribution in [0.5, 0.6) is 5.75 Å². The minimum atomic E-state index is -0.690.